The number of nitrogens with zero attached hydrogens (tertiary/aromatic N) is 1. The third-order valence-corrected chi connectivity index (χ3v) is 4.40. The Morgan fingerprint density at radius 3 is 3.04 bits per heavy atom. The zero-order valence-electron chi connectivity index (χ0n) is 15.7. The van der Waals surface area contributed by atoms with Gasteiger partial charge in [0.05, 0.1) is 31.9 Å². The Hall–Kier alpha value is -2.05. The lowest BCUT2D eigenvalue weighted by Gasteiger charge is -2.16. The van der Waals surface area contributed by atoms with Gasteiger partial charge in [-0.1, -0.05) is 18.2 Å². The quantitative estimate of drug-likeness (QED) is 0.430. The second-order valence-corrected chi connectivity index (χ2v) is 6.52. The largest absolute Gasteiger partial charge is 0.459 e. The van der Waals surface area contributed by atoms with Crippen molar-refractivity contribution in [3.63, 3.8) is 0 Å². The number of para-hydroxylation sites is 1. The minimum Gasteiger partial charge on any atom is -0.459 e. The SMILES string of the molecule is CCNC(=NCCOCC1CCCO1)NC(C)c1cc2ccccc2o1. The van der Waals surface area contributed by atoms with Gasteiger partial charge in [0.15, 0.2) is 5.96 Å². The summed E-state index contributed by atoms with van der Waals surface area (Å²) in [5.41, 5.74) is 0.903. The molecule has 2 aromatic rings. The molecule has 6 heteroatoms. The molecule has 2 N–H and O–H groups in total. The number of aliphatic imine (C=N–C) groups is 1. The molecule has 0 amide bonds. The van der Waals surface area contributed by atoms with Crippen molar-refractivity contribution in [1.29, 1.82) is 0 Å². The summed E-state index contributed by atoms with van der Waals surface area (Å²) in [4.78, 5) is 4.58. The third-order valence-electron chi connectivity index (χ3n) is 4.40. The Bertz CT molecular complexity index is 674. The van der Waals surface area contributed by atoms with E-state index in [1.165, 1.54) is 0 Å². The van der Waals surface area contributed by atoms with Gasteiger partial charge in [-0.2, -0.15) is 0 Å². The fraction of sp³-hybridized carbons (Fsp3) is 0.550. The van der Waals surface area contributed by atoms with Crippen LogP contribution in [0.15, 0.2) is 39.7 Å². The molecule has 1 aliphatic rings. The maximum absolute atomic E-state index is 5.92. The van der Waals surface area contributed by atoms with E-state index in [2.05, 4.69) is 41.6 Å². The highest BCUT2D eigenvalue weighted by Gasteiger charge is 2.15. The minimum atomic E-state index is 0.0213. The van der Waals surface area contributed by atoms with Gasteiger partial charge in [-0.05, 0) is 38.8 Å². The molecule has 0 saturated carbocycles. The Kier molecular flexibility index (Phi) is 6.91. The molecule has 2 heterocycles. The van der Waals surface area contributed by atoms with Gasteiger partial charge in [0.1, 0.15) is 11.3 Å². The zero-order valence-corrected chi connectivity index (χ0v) is 15.7. The van der Waals surface area contributed by atoms with Crippen LogP contribution in [0.4, 0.5) is 0 Å². The Morgan fingerprint density at radius 1 is 1.38 bits per heavy atom. The van der Waals surface area contributed by atoms with E-state index >= 15 is 0 Å². The Labute approximate surface area is 155 Å². The highest BCUT2D eigenvalue weighted by Crippen LogP contribution is 2.23. The standard InChI is InChI=1S/C20H29N3O3/c1-3-21-20(22-10-12-24-14-17-8-6-11-25-17)23-15(2)19-13-16-7-4-5-9-18(16)26-19/h4-5,7,9,13,15,17H,3,6,8,10-12,14H2,1-2H3,(H2,21,22,23). The first kappa shape index (κ1) is 18.7. The van der Waals surface area contributed by atoms with Crippen LogP contribution in [-0.2, 0) is 9.47 Å². The van der Waals surface area contributed by atoms with Crippen LogP contribution >= 0.6 is 0 Å². The first-order chi connectivity index (χ1) is 12.8. The molecule has 0 aliphatic carbocycles. The Balaban J connectivity index is 1.49. The average Bonchev–Trinajstić information content (AvgIpc) is 3.30. The fourth-order valence-electron chi connectivity index (χ4n) is 3.02. The molecule has 0 bridgehead atoms. The van der Waals surface area contributed by atoms with Gasteiger partial charge in [0, 0.05) is 18.5 Å². The second kappa shape index (κ2) is 9.59. The van der Waals surface area contributed by atoms with Crippen LogP contribution in [0, 0.1) is 0 Å². The van der Waals surface area contributed by atoms with E-state index in [-0.39, 0.29) is 12.1 Å². The minimum absolute atomic E-state index is 0.0213. The van der Waals surface area contributed by atoms with Crippen molar-refractivity contribution in [1.82, 2.24) is 10.6 Å². The van der Waals surface area contributed by atoms with Crippen molar-refractivity contribution in [3.05, 3.63) is 36.1 Å². The summed E-state index contributed by atoms with van der Waals surface area (Å²) in [6.07, 6.45) is 2.50. The molecular weight excluding hydrogens is 330 g/mol. The molecule has 1 aliphatic heterocycles. The highest BCUT2D eigenvalue weighted by molar-refractivity contribution is 5.81. The van der Waals surface area contributed by atoms with E-state index < -0.39 is 0 Å². The number of rotatable bonds is 8. The normalized spacial score (nSPS) is 19.0. The smallest absolute Gasteiger partial charge is 0.191 e. The lowest BCUT2D eigenvalue weighted by Crippen LogP contribution is -2.38. The van der Waals surface area contributed by atoms with Crippen molar-refractivity contribution in [2.75, 3.05) is 32.9 Å². The lowest BCUT2D eigenvalue weighted by atomic mass is 10.2. The summed E-state index contributed by atoms with van der Waals surface area (Å²) in [6.45, 7) is 7.64. The van der Waals surface area contributed by atoms with Gasteiger partial charge in [0.2, 0.25) is 0 Å². The second-order valence-electron chi connectivity index (χ2n) is 6.52. The van der Waals surface area contributed by atoms with Gasteiger partial charge < -0.3 is 24.5 Å². The Morgan fingerprint density at radius 2 is 2.27 bits per heavy atom. The predicted octanol–water partition coefficient (Wildman–Crippen LogP) is 3.24. The van der Waals surface area contributed by atoms with Gasteiger partial charge in [-0.15, -0.1) is 0 Å². The van der Waals surface area contributed by atoms with E-state index in [1.54, 1.807) is 0 Å². The molecule has 26 heavy (non-hydrogen) atoms. The first-order valence-corrected chi connectivity index (χ1v) is 9.49. The number of fused-ring (bicyclic) bond motifs is 1. The number of nitrogens with one attached hydrogen (secondary N) is 2. The molecule has 2 unspecified atom stereocenters. The molecule has 6 nitrogen and oxygen atoms in total. The van der Waals surface area contributed by atoms with Crippen LogP contribution in [0.3, 0.4) is 0 Å². The van der Waals surface area contributed by atoms with Crippen molar-refractivity contribution in [2.45, 2.75) is 38.8 Å². The zero-order chi connectivity index (χ0) is 18.2. The molecule has 1 fully saturated rings. The number of hydrogen-bond donors (Lipinski definition) is 2. The van der Waals surface area contributed by atoms with Gasteiger partial charge in [-0.25, -0.2) is 0 Å². The van der Waals surface area contributed by atoms with E-state index in [4.69, 9.17) is 13.9 Å². The highest BCUT2D eigenvalue weighted by atomic mass is 16.5. The molecular formula is C20H29N3O3. The number of hydrogen-bond acceptors (Lipinski definition) is 4. The summed E-state index contributed by atoms with van der Waals surface area (Å²) >= 11 is 0. The van der Waals surface area contributed by atoms with Crippen molar-refractivity contribution in [3.8, 4) is 0 Å². The maximum Gasteiger partial charge on any atom is 0.191 e. The van der Waals surface area contributed by atoms with Crippen molar-refractivity contribution < 1.29 is 13.9 Å². The summed E-state index contributed by atoms with van der Waals surface area (Å²) in [6, 6.07) is 10.1. The predicted molar refractivity (Wildman–Crippen MR) is 104 cm³/mol. The molecule has 2 atom stereocenters. The van der Waals surface area contributed by atoms with Crippen LogP contribution in [0.25, 0.3) is 11.0 Å². The van der Waals surface area contributed by atoms with Crippen LogP contribution in [0.5, 0.6) is 0 Å². The van der Waals surface area contributed by atoms with Crippen LogP contribution < -0.4 is 10.6 Å². The van der Waals surface area contributed by atoms with Crippen molar-refractivity contribution in [2.24, 2.45) is 4.99 Å². The maximum atomic E-state index is 5.92. The van der Waals surface area contributed by atoms with Crippen LogP contribution in [0.2, 0.25) is 0 Å². The topological polar surface area (TPSA) is 68.0 Å². The van der Waals surface area contributed by atoms with Gasteiger partial charge in [0.25, 0.3) is 0 Å². The molecule has 1 aromatic heterocycles. The number of benzene rings is 1. The summed E-state index contributed by atoms with van der Waals surface area (Å²) < 4.78 is 17.1. The molecule has 142 valence electrons. The van der Waals surface area contributed by atoms with Gasteiger partial charge in [-0.3, -0.25) is 4.99 Å². The fourth-order valence-corrected chi connectivity index (χ4v) is 3.02. The monoisotopic (exact) mass is 359 g/mol. The molecule has 1 aromatic carbocycles. The number of furan rings is 1. The lowest BCUT2D eigenvalue weighted by molar-refractivity contribution is 0.0200. The van der Waals surface area contributed by atoms with Crippen LogP contribution in [0.1, 0.15) is 38.5 Å². The summed E-state index contributed by atoms with van der Waals surface area (Å²) in [5, 5.41) is 7.77. The third kappa shape index (κ3) is 5.22. The molecule has 0 spiro atoms. The molecule has 0 radical (unpaired) electrons. The van der Waals surface area contributed by atoms with E-state index in [9.17, 15) is 0 Å². The number of ether oxygens (including phenoxy) is 2. The van der Waals surface area contributed by atoms with Crippen molar-refractivity contribution >= 4 is 16.9 Å². The molecule has 1 saturated heterocycles. The number of guanidine groups is 1. The van der Waals surface area contributed by atoms with Crippen LogP contribution in [-0.4, -0.2) is 45.0 Å². The summed E-state index contributed by atoms with van der Waals surface area (Å²) in [7, 11) is 0. The average molecular weight is 359 g/mol. The van der Waals surface area contributed by atoms with E-state index in [0.717, 1.165) is 48.7 Å². The van der Waals surface area contributed by atoms with E-state index in [0.29, 0.717) is 19.8 Å². The first-order valence-electron chi connectivity index (χ1n) is 9.49. The van der Waals surface area contributed by atoms with Gasteiger partial charge >= 0.3 is 0 Å². The van der Waals surface area contributed by atoms with E-state index in [1.807, 2.05) is 18.2 Å². The molecule has 3 rings (SSSR count). The summed E-state index contributed by atoms with van der Waals surface area (Å²) in [5.74, 6) is 1.66.